The molecule has 2 amide bonds. The fraction of sp³-hybridized carbons (Fsp3) is 0.323. The number of aromatic nitrogens is 3. The standard InChI is InChI=1S/C31H33N5O5/c1-2-41-31(40)22-12-16-24(17-13-22)36(28(38)20-35-27-11-7-6-10-26(27)33-34-35)29(21-14-18-25(37)19-15-21)30(39)32-23-8-4-3-5-9-23/h6-7,10-19,23,29,37H,2-5,8-9,20H2,1H3,(H,32,39). The summed E-state index contributed by atoms with van der Waals surface area (Å²) in [6, 6.07) is 19.0. The van der Waals surface area contributed by atoms with Crippen LogP contribution in [0.1, 0.15) is 61.0 Å². The van der Waals surface area contributed by atoms with Gasteiger partial charge in [-0.15, -0.1) is 5.10 Å². The molecule has 4 aromatic rings. The molecule has 0 bridgehead atoms. The number of aromatic hydroxyl groups is 1. The van der Waals surface area contributed by atoms with Crippen LogP contribution in [-0.4, -0.2) is 50.5 Å². The second-order valence-electron chi connectivity index (χ2n) is 10.1. The lowest BCUT2D eigenvalue weighted by Crippen LogP contribution is -2.48. The number of phenols is 1. The highest BCUT2D eigenvalue weighted by Gasteiger charge is 2.34. The zero-order chi connectivity index (χ0) is 28.8. The van der Waals surface area contributed by atoms with Gasteiger partial charge in [0.25, 0.3) is 0 Å². The third-order valence-corrected chi connectivity index (χ3v) is 7.30. The topological polar surface area (TPSA) is 127 Å². The van der Waals surface area contributed by atoms with Crippen molar-refractivity contribution in [2.24, 2.45) is 0 Å². The van der Waals surface area contributed by atoms with Crippen molar-refractivity contribution in [3.63, 3.8) is 0 Å². The normalized spacial score (nSPS) is 14.4. The van der Waals surface area contributed by atoms with Gasteiger partial charge in [0, 0.05) is 11.7 Å². The Balaban J connectivity index is 1.56. The monoisotopic (exact) mass is 555 g/mol. The van der Waals surface area contributed by atoms with E-state index in [0.29, 0.717) is 27.8 Å². The van der Waals surface area contributed by atoms with Gasteiger partial charge in [0.05, 0.1) is 17.7 Å². The number of phenolic OH excluding ortho intramolecular Hbond substituents is 1. The van der Waals surface area contributed by atoms with E-state index in [1.54, 1.807) is 43.3 Å². The average Bonchev–Trinajstić information content (AvgIpc) is 3.39. The molecule has 212 valence electrons. The first-order valence-electron chi connectivity index (χ1n) is 13.9. The molecule has 1 fully saturated rings. The highest BCUT2D eigenvalue weighted by Crippen LogP contribution is 2.31. The van der Waals surface area contributed by atoms with Crippen molar-refractivity contribution < 1.29 is 24.2 Å². The van der Waals surface area contributed by atoms with Gasteiger partial charge in [0.15, 0.2) is 0 Å². The van der Waals surface area contributed by atoms with Crippen LogP contribution in [0, 0.1) is 0 Å². The summed E-state index contributed by atoms with van der Waals surface area (Å²) in [5, 5.41) is 21.5. The number of esters is 1. The van der Waals surface area contributed by atoms with Crippen molar-refractivity contribution in [1.29, 1.82) is 0 Å². The van der Waals surface area contributed by atoms with E-state index in [1.807, 2.05) is 24.3 Å². The molecule has 1 aliphatic rings. The summed E-state index contributed by atoms with van der Waals surface area (Å²) in [4.78, 5) is 41.9. The summed E-state index contributed by atoms with van der Waals surface area (Å²) >= 11 is 0. The summed E-state index contributed by atoms with van der Waals surface area (Å²) in [5.41, 5.74) is 2.62. The molecule has 10 heteroatoms. The molecule has 1 atom stereocenters. The number of para-hydroxylation sites is 1. The predicted octanol–water partition coefficient (Wildman–Crippen LogP) is 4.54. The van der Waals surface area contributed by atoms with Crippen LogP contribution in [0.3, 0.4) is 0 Å². The molecule has 5 rings (SSSR count). The largest absolute Gasteiger partial charge is 0.508 e. The molecule has 10 nitrogen and oxygen atoms in total. The lowest BCUT2D eigenvalue weighted by Gasteiger charge is -2.33. The van der Waals surface area contributed by atoms with Gasteiger partial charge in [-0.25, -0.2) is 9.48 Å². The summed E-state index contributed by atoms with van der Waals surface area (Å²) in [6.45, 7) is 1.79. The summed E-state index contributed by atoms with van der Waals surface area (Å²) in [5.74, 6) is -1.16. The molecule has 0 saturated heterocycles. The Kier molecular flexibility index (Phi) is 8.57. The van der Waals surface area contributed by atoms with Crippen LogP contribution in [0.25, 0.3) is 11.0 Å². The molecule has 1 heterocycles. The number of amides is 2. The first-order chi connectivity index (χ1) is 19.9. The number of ether oxygens (including phenoxy) is 1. The van der Waals surface area contributed by atoms with Gasteiger partial charge < -0.3 is 15.2 Å². The van der Waals surface area contributed by atoms with Crippen molar-refractivity contribution in [3.8, 4) is 5.75 Å². The third-order valence-electron chi connectivity index (χ3n) is 7.30. The Hall–Kier alpha value is -4.73. The van der Waals surface area contributed by atoms with E-state index < -0.39 is 17.9 Å². The molecule has 2 N–H and O–H groups in total. The van der Waals surface area contributed by atoms with E-state index in [2.05, 4.69) is 15.6 Å². The zero-order valence-electron chi connectivity index (χ0n) is 22.9. The minimum absolute atomic E-state index is 0.0123. The fourth-order valence-electron chi connectivity index (χ4n) is 5.25. The van der Waals surface area contributed by atoms with Crippen molar-refractivity contribution >= 4 is 34.5 Å². The number of nitrogens with zero attached hydrogens (tertiary/aromatic N) is 4. The Labute approximate surface area is 237 Å². The highest BCUT2D eigenvalue weighted by atomic mass is 16.5. The number of hydrogen-bond acceptors (Lipinski definition) is 7. The fourth-order valence-corrected chi connectivity index (χ4v) is 5.25. The van der Waals surface area contributed by atoms with Crippen LogP contribution < -0.4 is 10.2 Å². The Morgan fingerprint density at radius 1 is 1.00 bits per heavy atom. The number of rotatable bonds is 9. The Morgan fingerprint density at radius 2 is 1.71 bits per heavy atom. The Morgan fingerprint density at radius 3 is 2.41 bits per heavy atom. The van der Waals surface area contributed by atoms with Crippen LogP contribution in [0.5, 0.6) is 5.75 Å². The number of carbonyl (C=O) groups is 3. The predicted molar refractivity (Wildman–Crippen MR) is 153 cm³/mol. The van der Waals surface area contributed by atoms with Crippen molar-refractivity contribution in [2.45, 2.75) is 57.7 Å². The molecule has 1 aromatic heterocycles. The maximum Gasteiger partial charge on any atom is 0.338 e. The molecule has 0 spiro atoms. The smallest absolute Gasteiger partial charge is 0.338 e. The van der Waals surface area contributed by atoms with Crippen LogP contribution in [0.4, 0.5) is 5.69 Å². The second-order valence-corrected chi connectivity index (χ2v) is 10.1. The maximum atomic E-state index is 14.2. The van der Waals surface area contributed by atoms with Gasteiger partial charge in [-0.05, 0) is 73.9 Å². The summed E-state index contributed by atoms with van der Waals surface area (Å²) in [6.07, 6.45) is 4.96. The zero-order valence-corrected chi connectivity index (χ0v) is 22.9. The quantitative estimate of drug-likeness (QED) is 0.290. The summed E-state index contributed by atoms with van der Waals surface area (Å²) < 4.78 is 6.62. The van der Waals surface area contributed by atoms with Gasteiger partial charge in [0.1, 0.15) is 23.9 Å². The SMILES string of the molecule is CCOC(=O)c1ccc(N(C(=O)Cn2nnc3ccccc32)C(C(=O)NC2CCCCC2)c2ccc(O)cc2)cc1. The average molecular weight is 556 g/mol. The number of hydrogen-bond donors (Lipinski definition) is 2. The number of fused-ring (bicyclic) bond motifs is 1. The van der Waals surface area contributed by atoms with Crippen LogP contribution >= 0.6 is 0 Å². The minimum Gasteiger partial charge on any atom is -0.508 e. The van der Waals surface area contributed by atoms with Crippen LogP contribution in [-0.2, 0) is 20.9 Å². The molecule has 0 aliphatic heterocycles. The first kappa shape index (κ1) is 27.8. The van der Waals surface area contributed by atoms with Crippen LogP contribution in [0.15, 0.2) is 72.8 Å². The molecular formula is C31H33N5O5. The molecule has 1 aliphatic carbocycles. The van der Waals surface area contributed by atoms with E-state index in [1.165, 1.54) is 21.7 Å². The van der Waals surface area contributed by atoms with E-state index >= 15 is 0 Å². The molecule has 1 unspecified atom stereocenters. The number of carbonyl (C=O) groups excluding carboxylic acids is 3. The molecule has 3 aromatic carbocycles. The van der Waals surface area contributed by atoms with E-state index in [9.17, 15) is 19.5 Å². The first-order valence-corrected chi connectivity index (χ1v) is 13.9. The van der Waals surface area contributed by atoms with E-state index in [-0.39, 0.29) is 30.9 Å². The van der Waals surface area contributed by atoms with E-state index in [4.69, 9.17) is 4.74 Å². The molecule has 1 saturated carbocycles. The molecule has 0 radical (unpaired) electrons. The van der Waals surface area contributed by atoms with Crippen molar-refractivity contribution in [2.75, 3.05) is 11.5 Å². The van der Waals surface area contributed by atoms with Gasteiger partial charge in [0.2, 0.25) is 11.8 Å². The third kappa shape index (κ3) is 6.37. The van der Waals surface area contributed by atoms with Crippen LogP contribution in [0.2, 0.25) is 0 Å². The van der Waals surface area contributed by atoms with Gasteiger partial charge in [-0.3, -0.25) is 14.5 Å². The van der Waals surface area contributed by atoms with Crippen molar-refractivity contribution in [1.82, 2.24) is 20.3 Å². The lowest BCUT2D eigenvalue weighted by atomic mass is 9.94. The highest BCUT2D eigenvalue weighted by molar-refractivity contribution is 6.02. The molecule has 41 heavy (non-hydrogen) atoms. The number of benzene rings is 3. The maximum absolute atomic E-state index is 14.2. The molecular weight excluding hydrogens is 522 g/mol. The van der Waals surface area contributed by atoms with Gasteiger partial charge in [-0.2, -0.15) is 0 Å². The summed E-state index contributed by atoms with van der Waals surface area (Å²) in [7, 11) is 0. The minimum atomic E-state index is -1.05. The van der Waals surface area contributed by atoms with Crippen molar-refractivity contribution in [3.05, 3.63) is 83.9 Å². The van der Waals surface area contributed by atoms with Gasteiger partial charge >= 0.3 is 5.97 Å². The number of anilines is 1. The number of nitrogens with one attached hydrogen (secondary N) is 1. The van der Waals surface area contributed by atoms with Gasteiger partial charge in [-0.1, -0.05) is 48.7 Å². The van der Waals surface area contributed by atoms with E-state index in [0.717, 1.165) is 32.1 Å². The Bertz CT molecular complexity index is 1510. The lowest BCUT2D eigenvalue weighted by molar-refractivity contribution is -0.127. The second kappa shape index (κ2) is 12.6.